The number of nitrogens with zero attached hydrogens (tertiary/aromatic N) is 1. The van der Waals surface area contributed by atoms with E-state index in [1.54, 1.807) is 0 Å². The topological polar surface area (TPSA) is 20.3 Å². The molecule has 22 heavy (non-hydrogen) atoms. The first-order valence-corrected chi connectivity index (χ1v) is 9.12. The Bertz CT molecular complexity index is 546. The van der Waals surface area contributed by atoms with Crippen LogP contribution < -0.4 is 0 Å². The molecule has 2 nitrogen and oxygen atoms in total. The molecule has 0 aromatic heterocycles. The summed E-state index contributed by atoms with van der Waals surface area (Å²) >= 11 is 12.3. The van der Waals surface area contributed by atoms with Gasteiger partial charge in [-0.2, -0.15) is 0 Å². The van der Waals surface area contributed by atoms with Gasteiger partial charge in [-0.3, -0.25) is 4.79 Å². The normalized spacial score (nSPS) is 26.3. The van der Waals surface area contributed by atoms with E-state index >= 15 is 0 Å². The Kier molecular flexibility index (Phi) is 5.30. The average molecular weight is 340 g/mol. The molecule has 3 rings (SSSR count). The third-order valence-corrected chi connectivity index (χ3v) is 5.67. The molecule has 2 atom stereocenters. The van der Waals surface area contributed by atoms with E-state index < -0.39 is 0 Å². The zero-order valence-electron chi connectivity index (χ0n) is 12.9. The van der Waals surface area contributed by atoms with Crippen LogP contribution in [0, 0.1) is 5.92 Å². The van der Waals surface area contributed by atoms with Crippen LogP contribution in [0.4, 0.5) is 0 Å². The van der Waals surface area contributed by atoms with Gasteiger partial charge in [0.05, 0.1) is 0 Å². The van der Waals surface area contributed by atoms with E-state index in [4.69, 9.17) is 23.2 Å². The number of carbonyl (C=O) groups is 1. The van der Waals surface area contributed by atoms with E-state index in [1.165, 1.54) is 18.4 Å². The lowest BCUT2D eigenvalue weighted by atomic mass is 9.81. The number of hydrogen-bond donors (Lipinski definition) is 0. The number of benzene rings is 1. The van der Waals surface area contributed by atoms with E-state index in [0.29, 0.717) is 22.9 Å². The third-order valence-electron chi connectivity index (χ3n) is 5.08. The molecule has 2 fully saturated rings. The van der Waals surface area contributed by atoms with Crippen molar-refractivity contribution < 1.29 is 4.79 Å². The highest BCUT2D eigenvalue weighted by Crippen LogP contribution is 2.33. The van der Waals surface area contributed by atoms with Crippen molar-refractivity contribution in [1.29, 1.82) is 0 Å². The SMILES string of the molecule is O=C1CCCCN1C1CCCC(Cc2ccc(Cl)cc2Cl)C1. The van der Waals surface area contributed by atoms with Crippen LogP contribution >= 0.6 is 23.2 Å². The molecule has 120 valence electrons. The molecule has 1 saturated carbocycles. The van der Waals surface area contributed by atoms with Crippen molar-refractivity contribution in [1.82, 2.24) is 4.90 Å². The molecule has 1 aromatic carbocycles. The molecule has 0 radical (unpaired) electrons. The van der Waals surface area contributed by atoms with Crippen LogP contribution in [0.5, 0.6) is 0 Å². The molecule has 1 aliphatic heterocycles. The van der Waals surface area contributed by atoms with Gasteiger partial charge in [-0.05, 0) is 62.1 Å². The molecule has 2 aliphatic rings. The molecular weight excluding hydrogens is 317 g/mol. The highest BCUT2D eigenvalue weighted by atomic mass is 35.5. The predicted octanol–water partition coefficient (Wildman–Crippen LogP) is 5.11. The van der Waals surface area contributed by atoms with Crippen molar-refractivity contribution in [2.75, 3.05) is 6.54 Å². The number of rotatable bonds is 3. The molecule has 0 spiro atoms. The second-order valence-electron chi connectivity index (χ2n) is 6.67. The molecule has 0 bridgehead atoms. The van der Waals surface area contributed by atoms with Gasteiger partial charge in [-0.25, -0.2) is 0 Å². The Morgan fingerprint density at radius 2 is 2.00 bits per heavy atom. The van der Waals surface area contributed by atoms with Crippen LogP contribution in [0.25, 0.3) is 0 Å². The standard InChI is InChI=1S/C18H23Cl2NO/c19-15-8-7-14(17(20)12-15)10-13-4-3-5-16(11-13)21-9-2-1-6-18(21)22/h7-8,12-13,16H,1-6,9-11H2. The average Bonchev–Trinajstić information content (AvgIpc) is 2.51. The minimum absolute atomic E-state index is 0.362. The van der Waals surface area contributed by atoms with Crippen molar-refractivity contribution in [3.63, 3.8) is 0 Å². The molecule has 1 aliphatic carbocycles. The van der Waals surface area contributed by atoms with Crippen molar-refractivity contribution in [3.8, 4) is 0 Å². The lowest BCUT2D eigenvalue weighted by Crippen LogP contribution is -2.45. The fraction of sp³-hybridized carbons (Fsp3) is 0.611. The second-order valence-corrected chi connectivity index (χ2v) is 7.51. The van der Waals surface area contributed by atoms with Crippen LogP contribution in [-0.2, 0) is 11.2 Å². The Morgan fingerprint density at radius 3 is 2.77 bits per heavy atom. The van der Waals surface area contributed by atoms with Crippen LogP contribution in [-0.4, -0.2) is 23.4 Å². The molecule has 1 aromatic rings. The maximum absolute atomic E-state index is 12.1. The lowest BCUT2D eigenvalue weighted by Gasteiger charge is -2.39. The quantitative estimate of drug-likeness (QED) is 0.749. The summed E-state index contributed by atoms with van der Waals surface area (Å²) in [5.41, 5.74) is 1.18. The van der Waals surface area contributed by atoms with Gasteiger partial charge in [-0.1, -0.05) is 35.7 Å². The molecule has 1 amide bonds. The van der Waals surface area contributed by atoms with E-state index in [0.717, 1.165) is 50.1 Å². The van der Waals surface area contributed by atoms with Crippen molar-refractivity contribution in [2.45, 2.75) is 57.4 Å². The minimum Gasteiger partial charge on any atom is -0.340 e. The number of piperidine rings is 1. The smallest absolute Gasteiger partial charge is 0.222 e. The van der Waals surface area contributed by atoms with Crippen LogP contribution in [0.1, 0.15) is 50.5 Å². The van der Waals surface area contributed by atoms with Gasteiger partial charge in [-0.15, -0.1) is 0 Å². The largest absolute Gasteiger partial charge is 0.340 e. The van der Waals surface area contributed by atoms with Gasteiger partial charge in [0.15, 0.2) is 0 Å². The zero-order valence-corrected chi connectivity index (χ0v) is 14.4. The first-order valence-electron chi connectivity index (χ1n) is 8.37. The molecule has 1 heterocycles. The number of carbonyl (C=O) groups excluding carboxylic acids is 1. The first-order chi connectivity index (χ1) is 10.6. The second kappa shape index (κ2) is 7.23. The molecule has 1 saturated heterocycles. The summed E-state index contributed by atoms with van der Waals surface area (Å²) in [5.74, 6) is 0.980. The molecular formula is C18H23Cl2NO. The van der Waals surface area contributed by atoms with Crippen molar-refractivity contribution >= 4 is 29.1 Å². The Hall–Kier alpha value is -0.730. The van der Waals surface area contributed by atoms with E-state index in [9.17, 15) is 4.79 Å². The number of likely N-dealkylation sites (tertiary alicyclic amines) is 1. The maximum Gasteiger partial charge on any atom is 0.222 e. The van der Waals surface area contributed by atoms with Gasteiger partial charge < -0.3 is 4.90 Å². The summed E-state index contributed by atoms with van der Waals surface area (Å²) in [6.07, 6.45) is 8.68. The fourth-order valence-electron chi connectivity index (χ4n) is 3.94. The lowest BCUT2D eigenvalue weighted by molar-refractivity contribution is -0.136. The van der Waals surface area contributed by atoms with E-state index in [1.807, 2.05) is 18.2 Å². The maximum atomic E-state index is 12.1. The fourth-order valence-corrected chi connectivity index (χ4v) is 4.43. The van der Waals surface area contributed by atoms with Crippen LogP contribution in [0.3, 0.4) is 0 Å². The summed E-state index contributed by atoms with van der Waals surface area (Å²) in [6.45, 7) is 0.956. The minimum atomic E-state index is 0.362. The molecule has 4 heteroatoms. The highest BCUT2D eigenvalue weighted by Gasteiger charge is 2.31. The number of halogens is 2. The Labute approximate surface area is 142 Å². The number of hydrogen-bond acceptors (Lipinski definition) is 1. The first kappa shape index (κ1) is 16.1. The third kappa shape index (κ3) is 3.78. The summed E-state index contributed by atoms with van der Waals surface area (Å²) in [6, 6.07) is 6.22. The zero-order chi connectivity index (χ0) is 15.5. The summed E-state index contributed by atoms with van der Waals surface area (Å²) in [5, 5.41) is 1.46. The Morgan fingerprint density at radius 1 is 1.14 bits per heavy atom. The summed E-state index contributed by atoms with van der Waals surface area (Å²) in [7, 11) is 0. The monoisotopic (exact) mass is 339 g/mol. The van der Waals surface area contributed by atoms with Crippen molar-refractivity contribution in [2.24, 2.45) is 5.92 Å². The van der Waals surface area contributed by atoms with Gasteiger partial charge in [0.1, 0.15) is 0 Å². The highest BCUT2D eigenvalue weighted by molar-refractivity contribution is 6.35. The summed E-state index contributed by atoms with van der Waals surface area (Å²) < 4.78 is 0. The Balaban J connectivity index is 1.64. The van der Waals surface area contributed by atoms with Gasteiger partial charge in [0.25, 0.3) is 0 Å². The van der Waals surface area contributed by atoms with E-state index in [2.05, 4.69) is 4.90 Å². The number of amides is 1. The van der Waals surface area contributed by atoms with Gasteiger partial charge >= 0.3 is 0 Å². The van der Waals surface area contributed by atoms with E-state index in [-0.39, 0.29) is 0 Å². The molecule has 0 N–H and O–H groups in total. The van der Waals surface area contributed by atoms with Crippen LogP contribution in [0.15, 0.2) is 18.2 Å². The van der Waals surface area contributed by atoms with Gasteiger partial charge in [0.2, 0.25) is 5.91 Å². The van der Waals surface area contributed by atoms with Crippen LogP contribution in [0.2, 0.25) is 10.0 Å². The predicted molar refractivity (Wildman–Crippen MR) is 91.5 cm³/mol. The van der Waals surface area contributed by atoms with Gasteiger partial charge in [0, 0.05) is 29.1 Å². The summed E-state index contributed by atoms with van der Waals surface area (Å²) in [4.78, 5) is 14.3. The van der Waals surface area contributed by atoms with Crippen molar-refractivity contribution in [3.05, 3.63) is 33.8 Å². The molecule has 2 unspecified atom stereocenters.